The molecule has 9 heteroatoms. The highest BCUT2D eigenvalue weighted by Crippen LogP contribution is 2.27. The molecule has 0 aliphatic rings. The number of carboxylic acids is 1. The number of aromatic nitrogens is 1. The third-order valence-electron chi connectivity index (χ3n) is 3.60. The van der Waals surface area contributed by atoms with Gasteiger partial charge >= 0.3 is 5.97 Å². The fraction of sp³-hybridized carbons (Fsp3) is 0.111. The maximum absolute atomic E-state index is 13.8. The molecule has 0 saturated heterocycles. The summed E-state index contributed by atoms with van der Waals surface area (Å²) in [6.07, 6.45) is 0.236. The molecule has 0 radical (unpaired) electrons. The van der Waals surface area contributed by atoms with E-state index in [1.807, 2.05) is 0 Å². The summed E-state index contributed by atoms with van der Waals surface area (Å²) in [5.41, 5.74) is 0.952. The van der Waals surface area contributed by atoms with Gasteiger partial charge in [0.15, 0.2) is 11.6 Å². The number of carboxylic acid groups (broad SMARTS) is 1. The van der Waals surface area contributed by atoms with Crippen molar-refractivity contribution in [3.8, 4) is 5.75 Å². The highest BCUT2D eigenvalue weighted by Gasteiger charge is 2.14. The normalized spacial score (nSPS) is 10.8. The van der Waals surface area contributed by atoms with Crippen LogP contribution in [0, 0.1) is 17.5 Å². The number of carbonyl (C=O) groups is 1. The molecule has 140 valence electrons. The summed E-state index contributed by atoms with van der Waals surface area (Å²) in [6, 6.07) is 5.92. The lowest BCUT2D eigenvalue weighted by molar-refractivity contribution is 0.0696. The second kappa shape index (κ2) is 7.98. The monoisotopic (exact) mass is 413 g/mol. The van der Waals surface area contributed by atoms with Crippen molar-refractivity contribution in [1.29, 1.82) is 0 Å². The third kappa shape index (κ3) is 4.58. The summed E-state index contributed by atoms with van der Waals surface area (Å²) in [4.78, 5) is 14.9. The lowest BCUT2D eigenvalue weighted by Gasteiger charge is -2.12. The Balaban J connectivity index is 1.81. The molecule has 0 spiro atoms. The molecule has 0 fully saturated rings. The molecule has 0 amide bonds. The molecule has 2 aromatic carbocycles. The van der Waals surface area contributed by atoms with Crippen LogP contribution in [0.1, 0.15) is 26.6 Å². The Morgan fingerprint density at radius 3 is 2.56 bits per heavy atom. The van der Waals surface area contributed by atoms with Gasteiger partial charge in [0, 0.05) is 34.0 Å². The van der Waals surface area contributed by atoms with E-state index in [2.05, 4.69) is 4.98 Å². The van der Waals surface area contributed by atoms with E-state index in [-0.39, 0.29) is 23.6 Å². The molecule has 3 rings (SSSR count). The summed E-state index contributed by atoms with van der Waals surface area (Å²) in [5, 5.41) is 10.9. The summed E-state index contributed by atoms with van der Waals surface area (Å²) < 4.78 is 45.6. The van der Waals surface area contributed by atoms with Gasteiger partial charge in [-0.05, 0) is 24.3 Å². The minimum atomic E-state index is -1.28. The number of halogens is 4. The number of thiazole rings is 1. The molecule has 0 aliphatic carbocycles. The number of rotatable bonds is 6. The van der Waals surface area contributed by atoms with E-state index in [0.29, 0.717) is 28.1 Å². The van der Waals surface area contributed by atoms with E-state index < -0.39 is 23.4 Å². The lowest BCUT2D eigenvalue weighted by Crippen LogP contribution is -2.03. The zero-order valence-electron chi connectivity index (χ0n) is 13.5. The summed E-state index contributed by atoms with van der Waals surface area (Å²) in [6.45, 7) is -0.324. The van der Waals surface area contributed by atoms with Crippen LogP contribution in [0.15, 0.2) is 35.7 Å². The van der Waals surface area contributed by atoms with E-state index in [1.165, 1.54) is 0 Å². The lowest BCUT2D eigenvalue weighted by atomic mass is 10.1. The van der Waals surface area contributed by atoms with Crippen LogP contribution >= 0.6 is 22.9 Å². The average molecular weight is 414 g/mol. The van der Waals surface area contributed by atoms with Crippen LogP contribution < -0.4 is 4.74 Å². The standard InChI is InChI=1S/C18H11ClF3NO3S/c19-11-1-2-16(26-7-10-5-14(21)15(22)6-13(10)20)9(3-11)4-12-8-27-17(23-12)18(24)25/h1-3,5-6,8H,4,7H2,(H,24,25). The minimum absolute atomic E-state index is 0.0432. The molecule has 0 bridgehead atoms. The SMILES string of the molecule is O=C(O)c1nc(Cc2cc(Cl)ccc2OCc2cc(F)c(F)cc2F)cs1. The highest BCUT2D eigenvalue weighted by atomic mass is 35.5. The predicted octanol–water partition coefficient (Wildman–Crippen LogP) is 5.08. The van der Waals surface area contributed by atoms with Crippen molar-refractivity contribution in [1.82, 2.24) is 4.98 Å². The van der Waals surface area contributed by atoms with Crippen LogP contribution in [0.4, 0.5) is 13.2 Å². The van der Waals surface area contributed by atoms with Crippen LogP contribution in [-0.2, 0) is 13.0 Å². The van der Waals surface area contributed by atoms with E-state index in [4.69, 9.17) is 21.4 Å². The second-order valence-electron chi connectivity index (χ2n) is 5.52. The third-order valence-corrected chi connectivity index (χ3v) is 4.72. The number of ether oxygens (including phenoxy) is 1. The molecule has 0 unspecified atom stereocenters. The van der Waals surface area contributed by atoms with Crippen molar-refractivity contribution in [3.05, 3.63) is 80.0 Å². The molecule has 27 heavy (non-hydrogen) atoms. The Labute approximate surface area is 160 Å². The number of aromatic carboxylic acids is 1. The Kier molecular flexibility index (Phi) is 5.67. The van der Waals surface area contributed by atoms with E-state index in [0.717, 1.165) is 17.4 Å². The van der Waals surface area contributed by atoms with Crippen molar-refractivity contribution < 1.29 is 27.8 Å². The molecule has 3 aromatic rings. The first-order valence-electron chi connectivity index (χ1n) is 7.56. The zero-order chi connectivity index (χ0) is 19.6. The quantitative estimate of drug-likeness (QED) is 0.572. The Morgan fingerprint density at radius 1 is 1.11 bits per heavy atom. The Hall–Kier alpha value is -2.58. The first-order valence-corrected chi connectivity index (χ1v) is 8.81. The van der Waals surface area contributed by atoms with Gasteiger partial charge in [-0.3, -0.25) is 0 Å². The van der Waals surface area contributed by atoms with Gasteiger partial charge in [-0.25, -0.2) is 22.9 Å². The maximum atomic E-state index is 13.8. The zero-order valence-corrected chi connectivity index (χ0v) is 15.1. The van der Waals surface area contributed by atoms with Gasteiger partial charge in [0.05, 0.1) is 5.69 Å². The second-order valence-corrected chi connectivity index (χ2v) is 6.82. The van der Waals surface area contributed by atoms with Gasteiger partial charge in [-0.2, -0.15) is 0 Å². The van der Waals surface area contributed by atoms with Crippen molar-refractivity contribution in [2.24, 2.45) is 0 Å². The molecule has 0 saturated carbocycles. The first-order chi connectivity index (χ1) is 12.8. The first kappa shape index (κ1) is 19.2. The summed E-state index contributed by atoms with van der Waals surface area (Å²) >= 11 is 6.99. The number of benzene rings is 2. The molecule has 1 heterocycles. The predicted molar refractivity (Wildman–Crippen MR) is 94.0 cm³/mol. The van der Waals surface area contributed by atoms with Crippen molar-refractivity contribution >= 4 is 28.9 Å². The largest absolute Gasteiger partial charge is 0.488 e. The average Bonchev–Trinajstić information content (AvgIpc) is 3.07. The fourth-order valence-corrected chi connectivity index (χ4v) is 3.19. The van der Waals surface area contributed by atoms with E-state index in [1.54, 1.807) is 23.6 Å². The highest BCUT2D eigenvalue weighted by molar-refractivity contribution is 7.11. The van der Waals surface area contributed by atoms with Crippen LogP contribution in [0.25, 0.3) is 0 Å². The minimum Gasteiger partial charge on any atom is -0.488 e. The molecular formula is C18H11ClF3NO3S. The van der Waals surface area contributed by atoms with E-state index in [9.17, 15) is 18.0 Å². The number of hydrogen-bond acceptors (Lipinski definition) is 4. The fourth-order valence-electron chi connectivity index (χ4n) is 2.34. The molecule has 1 aromatic heterocycles. The molecule has 1 N–H and O–H groups in total. The molecular weight excluding hydrogens is 403 g/mol. The van der Waals surface area contributed by atoms with Crippen LogP contribution in [0.2, 0.25) is 5.02 Å². The van der Waals surface area contributed by atoms with E-state index >= 15 is 0 Å². The van der Waals surface area contributed by atoms with Crippen LogP contribution in [0.5, 0.6) is 5.75 Å². The van der Waals surface area contributed by atoms with Gasteiger partial charge in [0.1, 0.15) is 18.2 Å². The van der Waals surface area contributed by atoms with Crippen molar-refractivity contribution in [2.75, 3.05) is 0 Å². The number of hydrogen-bond donors (Lipinski definition) is 1. The van der Waals surface area contributed by atoms with Crippen LogP contribution in [0.3, 0.4) is 0 Å². The molecule has 0 atom stereocenters. The van der Waals surface area contributed by atoms with Gasteiger partial charge in [0.2, 0.25) is 5.01 Å². The molecule has 0 aliphatic heterocycles. The summed E-state index contributed by atoms with van der Waals surface area (Å²) in [7, 11) is 0. The van der Waals surface area contributed by atoms with Crippen molar-refractivity contribution in [2.45, 2.75) is 13.0 Å². The van der Waals surface area contributed by atoms with Crippen molar-refractivity contribution in [3.63, 3.8) is 0 Å². The van der Waals surface area contributed by atoms with Crippen LogP contribution in [-0.4, -0.2) is 16.1 Å². The van der Waals surface area contributed by atoms with Gasteiger partial charge in [-0.15, -0.1) is 11.3 Å². The Bertz CT molecular complexity index is 1010. The Morgan fingerprint density at radius 2 is 1.85 bits per heavy atom. The number of nitrogens with zero attached hydrogens (tertiary/aromatic N) is 1. The van der Waals surface area contributed by atoms with Gasteiger partial charge in [-0.1, -0.05) is 11.6 Å². The maximum Gasteiger partial charge on any atom is 0.365 e. The smallest absolute Gasteiger partial charge is 0.365 e. The molecule has 4 nitrogen and oxygen atoms in total. The summed E-state index contributed by atoms with van der Waals surface area (Å²) in [5.74, 6) is -4.15. The topological polar surface area (TPSA) is 59.4 Å². The van der Waals surface area contributed by atoms with Gasteiger partial charge < -0.3 is 9.84 Å². The van der Waals surface area contributed by atoms with Gasteiger partial charge in [0.25, 0.3) is 0 Å².